The van der Waals surface area contributed by atoms with Crippen LogP contribution in [0.2, 0.25) is 5.02 Å². The Kier molecular flexibility index (Phi) is 5.43. The van der Waals surface area contributed by atoms with E-state index in [0.717, 1.165) is 5.56 Å². The van der Waals surface area contributed by atoms with E-state index in [1.165, 1.54) is 0 Å². The van der Waals surface area contributed by atoms with Crippen LogP contribution >= 0.6 is 27.5 Å². The van der Waals surface area contributed by atoms with Gasteiger partial charge in [-0.15, -0.1) is 0 Å². The molecule has 110 valence electrons. The van der Waals surface area contributed by atoms with E-state index in [2.05, 4.69) is 35.1 Å². The zero-order valence-corrected chi connectivity index (χ0v) is 14.3. The van der Waals surface area contributed by atoms with Crippen molar-refractivity contribution in [3.05, 3.63) is 69.2 Å². The molecule has 0 bridgehead atoms. The summed E-state index contributed by atoms with van der Waals surface area (Å²) < 4.78 is 0.697. The monoisotopic (exact) mass is 365 g/mol. The van der Waals surface area contributed by atoms with Crippen molar-refractivity contribution in [2.45, 2.75) is 19.9 Å². The molecule has 0 spiro atoms. The van der Waals surface area contributed by atoms with E-state index in [1.54, 1.807) is 18.2 Å². The van der Waals surface area contributed by atoms with Crippen molar-refractivity contribution in [3.63, 3.8) is 0 Å². The summed E-state index contributed by atoms with van der Waals surface area (Å²) in [6.07, 6.45) is 0. The normalized spacial score (nSPS) is 12.2. The molecule has 1 amide bonds. The first kappa shape index (κ1) is 16.1. The van der Waals surface area contributed by atoms with Gasteiger partial charge < -0.3 is 5.32 Å². The van der Waals surface area contributed by atoms with Crippen LogP contribution in [0.25, 0.3) is 0 Å². The van der Waals surface area contributed by atoms with Gasteiger partial charge >= 0.3 is 0 Å². The first-order valence-corrected chi connectivity index (χ1v) is 7.97. The molecule has 4 heteroatoms. The number of hydrogen-bond donors (Lipinski definition) is 1. The minimum Gasteiger partial charge on any atom is -0.345 e. The summed E-state index contributed by atoms with van der Waals surface area (Å²) in [7, 11) is 0. The summed E-state index contributed by atoms with van der Waals surface area (Å²) in [5.74, 6) is 0.184. The van der Waals surface area contributed by atoms with Crippen LogP contribution in [0.3, 0.4) is 0 Å². The maximum atomic E-state index is 12.5. The van der Waals surface area contributed by atoms with Crippen LogP contribution in [-0.4, -0.2) is 5.91 Å². The van der Waals surface area contributed by atoms with Gasteiger partial charge in [-0.2, -0.15) is 0 Å². The van der Waals surface area contributed by atoms with Crippen molar-refractivity contribution in [2.75, 3.05) is 0 Å². The molecular formula is C17H17BrClNO. The van der Waals surface area contributed by atoms with Gasteiger partial charge in [-0.1, -0.05) is 55.8 Å². The molecule has 0 aromatic heterocycles. The van der Waals surface area contributed by atoms with Gasteiger partial charge in [-0.05, 0) is 45.6 Å². The number of hydrogen-bond acceptors (Lipinski definition) is 1. The molecule has 2 rings (SSSR count). The van der Waals surface area contributed by atoms with Gasteiger partial charge in [0.15, 0.2) is 0 Å². The Labute approximate surface area is 138 Å². The third-order valence-corrected chi connectivity index (χ3v) is 4.18. The van der Waals surface area contributed by atoms with Crippen LogP contribution in [-0.2, 0) is 0 Å². The lowest BCUT2D eigenvalue weighted by atomic mass is 9.95. The second kappa shape index (κ2) is 7.10. The summed E-state index contributed by atoms with van der Waals surface area (Å²) in [6.45, 7) is 4.18. The van der Waals surface area contributed by atoms with Gasteiger partial charge in [-0.3, -0.25) is 4.79 Å². The largest absolute Gasteiger partial charge is 0.345 e. The van der Waals surface area contributed by atoms with Gasteiger partial charge in [0.2, 0.25) is 0 Å². The molecule has 0 radical (unpaired) electrons. The highest BCUT2D eigenvalue weighted by Crippen LogP contribution is 2.25. The first-order valence-electron chi connectivity index (χ1n) is 6.80. The predicted molar refractivity (Wildman–Crippen MR) is 90.6 cm³/mol. The van der Waals surface area contributed by atoms with Gasteiger partial charge in [0.1, 0.15) is 0 Å². The molecule has 0 aliphatic heterocycles. The smallest absolute Gasteiger partial charge is 0.252 e. The highest BCUT2D eigenvalue weighted by Gasteiger charge is 2.20. The van der Waals surface area contributed by atoms with Crippen LogP contribution in [0.5, 0.6) is 0 Å². The fourth-order valence-electron chi connectivity index (χ4n) is 2.19. The molecule has 2 aromatic carbocycles. The average molecular weight is 367 g/mol. The lowest BCUT2D eigenvalue weighted by Gasteiger charge is -2.23. The molecule has 0 aliphatic rings. The van der Waals surface area contributed by atoms with Crippen LogP contribution < -0.4 is 5.32 Å². The summed E-state index contributed by atoms with van der Waals surface area (Å²) in [6, 6.07) is 15.1. The van der Waals surface area contributed by atoms with Gasteiger partial charge in [0.05, 0.1) is 11.6 Å². The van der Waals surface area contributed by atoms with Crippen LogP contribution in [0.4, 0.5) is 0 Å². The Balaban J connectivity index is 2.23. The molecule has 0 saturated heterocycles. The summed E-state index contributed by atoms with van der Waals surface area (Å²) in [4.78, 5) is 12.5. The van der Waals surface area contributed by atoms with E-state index in [4.69, 9.17) is 11.6 Å². The third kappa shape index (κ3) is 4.08. The predicted octanol–water partition coefficient (Wildman–Crippen LogP) is 5.23. The highest BCUT2D eigenvalue weighted by molar-refractivity contribution is 9.10. The molecule has 1 N–H and O–H groups in total. The number of halogens is 2. The molecular weight excluding hydrogens is 350 g/mol. The van der Waals surface area contributed by atoms with E-state index in [-0.39, 0.29) is 11.9 Å². The van der Waals surface area contributed by atoms with Crippen LogP contribution in [0, 0.1) is 5.92 Å². The second-order valence-corrected chi connectivity index (χ2v) is 6.52. The van der Waals surface area contributed by atoms with Gasteiger partial charge in [0, 0.05) is 9.50 Å². The molecule has 0 fully saturated rings. The topological polar surface area (TPSA) is 29.1 Å². The summed E-state index contributed by atoms with van der Waals surface area (Å²) >= 11 is 9.30. The quantitative estimate of drug-likeness (QED) is 0.788. The van der Waals surface area contributed by atoms with Gasteiger partial charge in [-0.25, -0.2) is 0 Å². The van der Waals surface area contributed by atoms with E-state index >= 15 is 0 Å². The number of amides is 1. The maximum Gasteiger partial charge on any atom is 0.252 e. The van der Waals surface area contributed by atoms with Crippen molar-refractivity contribution in [1.82, 2.24) is 5.32 Å². The maximum absolute atomic E-state index is 12.5. The number of carbonyl (C=O) groups is 1. The number of rotatable bonds is 4. The third-order valence-electron chi connectivity index (χ3n) is 3.29. The highest BCUT2D eigenvalue weighted by atomic mass is 79.9. The molecule has 2 nitrogen and oxygen atoms in total. The molecule has 0 aliphatic carbocycles. The SMILES string of the molecule is CC(C)C(NC(=O)c1ccc(Cl)cc1Br)c1ccccc1. The van der Waals surface area contributed by atoms with E-state index in [1.807, 2.05) is 30.3 Å². The van der Waals surface area contributed by atoms with Crippen molar-refractivity contribution in [3.8, 4) is 0 Å². The van der Waals surface area contributed by atoms with Crippen LogP contribution in [0.15, 0.2) is 53.0 Å². The minimum atomic E-state index is -0.110. The number of carbonyl (C=O) groups excluding carboxylic acids is 1. The van der Waals surface area contributed by atoms with Crippen LogP contribution in [0.1, 0.15) is 35.8 Å². The Morgan fingerprint density at radius 2 is 1.81 bits per heavy atom. The Morgan fingerprint density at radius 3 is 2.38 bits per heavy atom. The zero-order chi connectivity index (χ0) is 15.4. The zero-order valence-electron chi connectivity index (χ0n) is 11.9. The van der Waals surface area contributed by atoms with Gasteiger partial charge in [0.25, 0.3) is 5.91 Å². The fourth-order valence-corrected chi connectivity index (χ4v) is 3.05. The molecule has 2 aromatic rings. The Morgan fingerprint density at radius 1 is 1.14 bits per heavy atom. The van der Waals surface area contributed by atoms with E-state index in [0.29, 0.717) is 21.0 Å². The molecule has 1 unspecified atom stereocenters. The van der Waals surface area contributed by atoms with Crippen molar-refractivity contribution < 1.29 is 4.79 Å². The first-order chi connectivity index (χ1) is 9.99. The van der Waals surface area contributed by atoms with Crippen molar-refractivity contribution in [1.29, 1.82) is 0 Å². The Hall–Kier alpha value is -1.32. The lowest BCUT2D eigenvalue weighted by Crippen LogP contribution is -2.31. The molecule has 0 saturated carbocycles. The lowest BCUT2D eigenvalue weighted by molar-refractivity contribution is 0.0925. The summed E-state index contributed by atoms with van der Waals surface area (Å²) in [5, 5.41) is 3.70. The number of nitrogens with one attached hydrogen (secondary N) is 1. The second-order valence-electron chi connectivity index (χ2n) is 5.23. The van der Waals surface area contributed by atoms with Crippen molar-refractivity contribution in [2.24, 2.45) is 5.92 Å². The number of benzene rings is 2. The standard InChI is InChI=1S/C17H17BrClNO/c1-11(2)16(12-6-4-3-5-7-12)20-17(21)14-9-8-13(19)10-15(14)18/h3-11,16H,1-2H3,(H,20,21). The average Bonchev–Trinajstić information content (AvgIpc) is 2.45. The molecule has 1 atom stereocenters. The van der Waals surface area contributed by atoms with Crippen molar-refractivity contribution >= 4 is 33.4 Å². The summed E-state index contributed by atoms with van der Waals surface area (Å²) in [5.41, 5.74) is 1.69. The molecule has 0 heterocycles. The Bertz CT molecular complexity index is 628. The molecule has 21 heavy (non-hydrogen) atoms. The van der Waals surface area contributed by atoms with E-state index in [9.17, 15) is 4.79 Å². The fraction of sp³-hybridized carbons (Fsp3) is 0.235. The minimum absolute atomic E-state index is 0.0266. The van der Waals surface area contributed by atoms with E-state index < -0.39 is 0 Å².